The van der Waals surface area contributed by atoms with Crippen LogP contribution in [0.3, 0.4) is 0 Å². The molecule has 0 aliphatic heterocycles. The smallest absolute Gasteiger partial charge is 0.00584 e. The lowest BCUT2D eigenvalue weighted by molar-refractivity contribution is 0.242. The van der Waals surface area contributed by atoms with Gasteiger partial charge in [-0.25, -0.2) is 0 Å². The summed E-state index contributed by atoms with van der Waals surface area (Å²) in [4.78, 5) is 2.73. The molecule has 1 unspecified atom stereocenters. The van der Waals surface area contributed by atoms with E-state index in [0.29, 0.717) is 5.92 Å². The largest absolute Gasteiger partial charge is 0.302 e. The SMILES string of the molecule is SCC(CN(CC1CC1)CC1CC1)c1ccccc1. The minimum Gasteiger partial charge on any atom is -0.302 e. The third-order valence-electron chi connectivity index (χ3n) is 4.40. The molecule has 0 N–H and O–H groups in total. The number of hydrogen-bond acceptors (Lipinski definition) is 2. The monoisotopic (exact) mass is 275 g/mol. The van der Waals surface area contributed by atoms with Crippen molar-refractivity contribution >= 4 is 12.6 Å². The summed E-state index contributed by atoms with van der Waals surface area (Å²) in [6, 6.07) is 10.9. The van der Waals surface area contributed by atoms with Crippen LogP contribution in [0.1, 0.15) is 37.2 Å². The molecule has 1 atom stereocenters. The lowest BCUT2D eigenvalue weighted by atomic mass is 10.00. The predicted molar refractivity (Wildman–Crippen MR) is 84.9 cm³/mol. The third-order valence-corrected chi connectivity index (χ3v) is 4.84. The Labute approximate surface area is 122 Å². The van der Waals surface area contributed by atoms with Crippen molar-refractivity contribution in [2.24, 2.45) is 11.8 Å². The molecule has 104 valence electrons. The van der Waals surface area contributed by atoms with Crippen LogP contribution in [0.4, 0.5) is 0 Å². The average molecular weight is 275 g/mol. The lowest BCUT2D eigenvalue weighted by Gasteiger charge is -2.27. The van der Waals surface area contributed by atoms with Gasteiger partial charge in [-0.15, -0.1) is 0 Å². The maximum atomic E-state index is 4.59. The maximum absolute atomic E-state index is 4.59. The van der Waals surface area contributed by atoms with Crippen LogP contribution in [-0.4, -0.2) is 30.3 Å². The lowest BCUT2D eigenvalue weighted by Crippen LogP contribution is -2.33. The van der Waals surface area contributed by atoms with E-state index in [0.717, 1.165) is 17.6 Å². The Hall–Kier alpha value is -0.470. The van der Waals surface area contributed by atoms with E-state index in [1.54, 1.807) is 0 Å². The summed E-state index contributed by atoms with van der Waals surface area (Å²) in [7, 11) is 0. The molecule has 0 amide bonds. The maximum Gasteiger partial charge on any atom is 0.00584 e. The molecule has 3 rings (SSSR count). The Morgan fingerprint density at radius 1 is 1.00 bits per heavy atom. The fourth-order valence-electron chi connectivity index (χ4n) is 2.86. The first-order valence-corrected chi connectivity index (χ1v) is 8.36. The van der Waals surface area contributed by atoms with Gasteiger partial charge in [-0.05, 0) is 48.8 Å². The van der Waals surface area contributed by atoms with Gasteiger partial charge in [0.1, 0.15) is 0 Å². The van der Waals surface area contributed by atoms with Crippen LogP contribution in [0.2, 0.25) is 0 Å². The molecule has 0 saturated heterocycles. The van der Waals surface area contributed by atoms with Crippen LogP contribution in [0, 0.1) is 11.8 Å². The quantitative estimate of drug-likeness (QED) is 0.706. The molecule has 1 nitrogen and oxygen atoms in total. The van der Waals surface area contributed by atoms with E-state index >= 15 is 0 Å². The molecule has 2 heteroatoms. The fraction of sp³-hybridized carbons (Fsp3) is 0.647. The van der Waals surface area contributed by atoms with Crippen LogP contribution in [-0.2, 0) is 0 Å². The highest BCUT2D eigenvalue weighted by molar-refractivity contribution is 7.80. The van der Waals surface area contributed by atoms with Crippen molar-refractivity contribution in [2.45, 2.75) is 31.6 Å². The summed E-state index contributed by atoms with van der Waals surface area (Å²) in [6.45, 7) is 3.85. The molecule has 0 bridgehead atoms. The van der Waals surface area contributed by atoms with E-state index in [4.69, 9.17) is 0 Å². The van der Waals surface area contributed by atoms with Crippen molar-refractivity contribution in [1.29, 1.82) is 0 Å². The van der Waals surface area contributed by atoms with Gasteiger partial charge < -0.3 is 4.90 Å². The summed E-state index contributed by atoms with van der Waals surface area (Å²) in [5.41, 5.74) is 1.45. The van der Waals surface area contributed by atoms with Crippen molar-refractivity contribution in [3.8, 4) is 0 Å². The molecule has 0 aromatic heterocycles. The van der Waals surface area contributed by atoms with Gasteiger partial charge in [0.15, 0.2) is 0 Å². The van der Waals surface area contributed by atoms with Gasteiger partial charge >= 0.3 is 0 Å². The van der Waals surface area contributed by atoms with E-state index in [9.17, 15) is 0 Å². The Morgan fingerprint density at radius 2 is 1.58 bits per heavy atom. The molecule has 2 aliphatic carbocycles. The van der Waals surface area contributed by atoms with Crippen LogP contribution in [0.25, 0.3) is 0 Å². The summed E-state index contributed by atoms with van der Waals surface area (Å²) in [5.74, 6) is 3.53. The Morgan fingerprint density at radius 3 is 2.05 bits per heavy atom. The summed E-state index contributed by atoms with van der Waals surface area (Å²) >= 11 is 4.59. The highest BCUT2D eigenvalue weighted by Crippen LogP contribution is 2.34. The number of thiol groups is 1. The first kappa shape index (κ1) is 13.5. The molecule has 1 aromatic rings. The van der Waals surface area contributed by atoms with Crippen LogP contribution in [0.15, 0.2) is 30.3 Å². The summed E-state index contributed by atoms with van der Waals surface area (Å²) < 4.78 is 0. The molecule has 2 fully saturated rings. The van der Waals surface area contributed by atoms with E-state index < -0.39 is 0 Å². The Kier molecular flexibility index (Phi) is 4.49. The van der Waals surface area contributed by atoms with Gasteiger partial charge in [-0.2, -0.15) is 12.6 Å². The van der Waals surface area contributed by atoms with Crippen molar-refractivity contribution in [3.05, 3.63) is 35.9 Å². The number of hydrogen-bond donors (Lipinski definition) is 1. The van der Waals surface area contributed by atoms with Gasteiger partial charge in [0, 0.05) is 25.6 Å². The Balaban J connectivity index is 1.60. The molecule has 2 aliphatic rings. The molecule has 19 heavy (non-hydrogen) atoms. The molecule has 0 radical (unpaired) electrons. The third kappa shape index (κ3) is 4.25. The molecule has 0 heterocycles. The molecule has 2 saturated carbocycles. The fourth-order valence-corrected chi connectivity index (χ4v) is 3.19. The molecule has 1 aromatic carbocycles. The van der Waals surface area contributed by atoms with Crippen LogP contribution >= 0.6 is 12.6 Å². The van der Waals surface area contributed by atoms with Crippen LogP contribution < -0.4 is 0 Å². The van der Waals surface area contributed by atoms with Crippen molar-refractivity contribution in [1.82, 2.24) is 4.90 Å². The Bertz CT molecular complexity index is 370. The number of rotatable bonds is 8. The van der Waals surface area contributed by atoms with E-state index in [1.165, 1.54) is 50.9 Å². The highest BCUT2D eigenvalue weighted by Gasteiger charge is 2.30. The van der Waals surface area contributed by atoms with Crippen molar-refractivity contribution in [3.63, 3.8) is 0 Å². The normalized spacial score (nSPS) is 20.7. The second kappa shape index (κ2) is 6.32. The first-order valence-electron chi connectivity index (χ1n) is 7.73. The van der Waals surface area contributed by atoms with Gasteiger partial charge in [0.2, 0.25) is 0 Å². The van der Waals surface area contributed by atoms with Crippen LogP contribution in [0.5, 0.6) is 0 Å². The second-order valence-electron chi connectivity index (χ2n) is 6.40. The van der Waals surface area contributed by atoms with E-state index in [2.05, 4.69) is 47.9 Å². The number of nitrogens with zero attached hydrogens (tertiary/aromatic N) is 1. The second-order valence-corrected chi connectivity index (χ2v) is 6.76. The zero-order valence-electron chi connectivity index (χ0n) is 11.7. The highest BCUT2D eigenvalue weighted by atomic mass is 32.1. The van der Waals surface area contributed by atoms with Gasteiger partial charge in [-0.3, -0.25) is 0 Å². The molecule has 0 spiro atoms. The molecular formula is C17H25NS. The van der Waals surface area contributed by atoms with Crippen molar-refractivity contribution < 1.29 is 0 Å². The zero-order chi connectivity index (χ0) is 13.1. The first-order chi connectivity index (χ1) is 9.35. The topological polar surface area (TPSA) is 3.24 Å². The van der Waals surface area contributed by atoms with Crippen molar-refractivity contribution in [2.75, 3.05) is 25.4 Å². The van der Waals surface area contributed by atoms with E-state index in [1.807, 2.05) is 0 Å². The predicted octanol–water partition coefficient (Wildman–Crippen LogP) is 3.82. The number of benzene rings is 1. The summed E-state index contributed by atoms with van der Waals surface area (Å²) in [6.07, 6.45) is 5.83. The minimum absolute atomic E-state index is 0.585. The van der Waals surface area contributed by atoms with Gasteiger partial charge in [0.05, 0.1) is 0 Å². The van der Waals surface area contributed by atoms with Gasteiger partial charge in [0.25, 0.3) is 0 Å². The van der Waals surface area contributed by atoms with E-state index in [-0.39, 0.29) is 0 Å². The standard InChI is InChI=1S/C17H25NS/c19-13-17(16-4-2-1-3-5-16)12-18(10-14-6-7-14)11-15-8-9-15/h1-5,14-15,17,19H,6-13H2. The van der Waals surface area contributed by atoms with Gasteiger partial charge in [-0.1, -0.05) is 30.3 Å². The zero-order valence-corrected chi connectivity index (χ0v) is 12.6. The average Bonchev–Trinajstić information content (AvgIpc) is 3.33. The summed E-state index contributed by atoms with van der Waals surface area (Å²) in [5, 5.41) is 0. The minimum atomic E-state index is 0.585. The molecular weight excluding hydrogens is 250 g/mol.